The fraction of sp³-hybridized carbons (Fsp3) is 1.00. The lowest BCUT2D eigenvalue weighted by atomic mass is 10.4. The third-order valence-corrected chi connectivity index (χ3v) is 3.17. The van der Waals surface area contributed by atoms with E-state index in [1.807, 2.05) is 39.5 Å². The van der Waals surface area contributed by atoms with E-state index in [-0.39, 0.29) is 0 Å². The molecule has 1 heterocycles. The van der Waals surface area contributed by atoms with Crippen molar-refractivity contribution in [2.45, 2.75) is 27.7 Å². The molecule has 0 N–H and O–H groups in total. The van der Waals surface area contributed by atoms with Crippen molar-refractivity contribution in [3.05, 3.63) is 0 Å². The van der Waals surface area contributed by atoms with Crippen LogP contribution in [-0.4, -0.2) is 73.7 Å². The maximum Gasteiger partial charge on any atom is 0.0261 e. The van der Waals surface area contributed by atoms with E-state index in [1.54, 1.807) is 0 Å². The van der Waals surface area contributed by atoms with Gasteiger partial charge in [-0.3, -0.25) is 0 Å². The summed E-state index contributed by atoms with van der Waals surface area (Å²) in [6.07, 6.45) is 2.16. The molecule has 0 atom stereocenters. The minimum absolute atomic E-state index is 1.17. The Bertz CT molecular complexity index is 137. The van der Waals surface area contributed by atoms with Gasteiger partial charge in [0.1, 0.15) is 0 Å². The normalized spacial score (nSPS) is 16.9. The molecule has 1 aliphatic heterocycles. The van der Waals surface area contributed by atoms with Gasteiger partial charge in [-0.1, -0.05) is 27.7 Å². The van der Waals surface area contributed by atoms with Crippen LogP contribution < -0.4 is 0 Å². The number of nitrogens with zero attached hydrogens (tertiary/aromatic N) is 3. The summed E-state index contributed by atoms with van der Waals surface area (Å²) in [6, 6.07) is 0. The number of rotatable bonds is 4. The van der Waals surface area contributed by atoms with Gasteiger partial charge in [-0.25, -0.2) is 10.0 Å². The van der Waals surface area contributed by atoms with Crippen molar-refractivity contribution in [1.82, 2.24) is 14.9 Å². The summed E-state index contributed by atoms with van der Waals surface area (Å²) in [5, 5.41) is 4.82. The molecule has 0 amide bonds. The summed E-state index contributed by atoms with van der Waals surface area (Å²) in [4.78, 5) is 2.39. The van der Waals surface area contributed by atoms with Crippen LogP contribution in [0.5, 0.6) is 0 Å². The van der Waals surface area contributed by atoms with Gasteiger partial charge < -0.3 is 4.90 Å². The quantitative estimate of drug-likeness (QED) is 0.770. The molecule has 0 radical (unpaired) electrons. The Morgan fingerprint density at radius 3 is 1.88 bits per heavy atom. The third-order valence-electron chi connectivity index (χ3n) is 2.58. The van der Waals surface area contributed by atoms with Crippen LogP contribution in [0.25, 0.3) is 0 Å². The SMILES string of the molecule is CC.CC.CSCCN(C)N1CCN(C)CC1. The van der Waals surface area contributed by atoms with E-state index < -0.39 is 0 Å². The first-order valence-electron chi connectivity index (χ1n) is 6.87. The van der Waals surface area contributed by atoms with Gasteiger partial charge in [0.2, 0.25) is 0 Å². The molecule has 0 bridgehead atoms. The number of thioether (sulfide) groups is 1. The second-order valence-corrected chi connectivity index (χ2v) is 4.62. The van der Waals surface area contributed by atoms with Gasteiger partial charge in [-0.05, 0) is 13.3 Å². The highest BCUT2D eigenvalue weighted by molar-refractivity contribution is 7.98. The maximum atomic E-state index is 2.45. The average Bonchev–Trinajstić information content (AvgIpc) is 2.41. The molecule has 106 valence electrons. The van der Waals surface area contributed by atoms with Crippen LogP contribution >= 0.6 is 11.8 Å². The van der Waals surface area contributed by atoms with Gasteiger partial charge in [0.25, 0.3) is 0 Å². The molecule has 0 saturated carbocycles. The van der Waals surface area contributed by atoms with Gasteiger partial charge in [0.05, 0.1) is 0 Å². The zero-order valence-electron chi connectivity index (χ0n) is 13.0. The van der Waals surface area contributed by atoms with Crippen LogP contribution in [0.3, 0.4) is 0 Å². The van der Waals surface area contributed by atoms with E-state index in [9.17, 15) is 0 Å². The third kappa shape index (κ3) is 9.89. The van der Waals surface area contributed by atoms with Crippen LogP contribution in [0.4, 0.5) is 0 Å². The van der Waals surface area contributed by atoms with Crippen molar-refractivity contribution in [2.24, 2.45) is 0 Å². The summed E-state index contributed by atoms with van der Waals surface area (Å²) in [7, 11) is 4.39. The molecule has 0 aromatic heterocycles. The summed E-state index contributed by atoms with van der Waals surface area (Å²) in [6.45, 7) is 13.9. The van der Waals surface area contributed by atoms with E-state index >= 15 is 0 Å². The second-order valence-electron chi connectivity index (χ2n) is 3.63. The van der Waals surface area contributed by atoms with Gasteiger partial charge >= 0.3 is 0 Å². The topological polar surface area (TPSA) is 9.72 Å². The molecular formula is C13H33N3S. The lowest BCUT2D eigenvalue weighted by Crippen LogP contribution is -2.51. The number of hydrogen-bond donors (Lipinski definition) is 0. The number of hydrazine groups is 1. The van der Waals surface area contributed by atoms with Crippen LogP contribution in [0.1, 0.15) is 27.7 Å². The number of likely N-dealkylation sites (N-methyl/N-ethyl adjacent to an activating group) is 1. The predicted octanol–water partition coefficient (Wildman–Crippen LogP) is 2.50. The molecule has 1 fully saturated rings. The lowest BCUT2D eigenvalue weighted by Gasteiger charge is -2.38. The zero-order chi connectivity index (χ0) is 13.7. The first-order chi connectivity index (χ1) is 8.24. The smallest absolute Gasteiger partial charge is 0.0261 e. The summed E-state index contributed by atoms with van der Waals surface area (Å²) in [5.41, 5.74) is 0. The van der Waals surface area contributed by atoms with Crippen LogP contribution in [-0.2, 0) is 0 Å². The fourth-order valence-electron chi connectivity index (χ4n) is 1.50. The van der Waals surface area contributed by atoms with E-state index in [2.05, 4.69) is 35.3 Å². The van der Waals surface area contributed by atoms with Crippen LogP contribution in [0.15, 0.2) is 0 Å². The highest BCUT2D eigenvalue weighted by Crippen LogP contribution is 2.03. The summed E-state index contributed by atoms with van der Waals surface area (Å²) < 4.78 is 0. The fourth-order valence-corrected chi connectivity index (χ4v) is 1.95. The molecule has 1 rings (SSSR count). The Labute approximate surface area is 113 Å². The predicted molar refractivity (Wildman–Crippen MR) is 82.8 cm³/mol. The monoisotopic (exact) mass is 263 g/mol. The minimum Gasteiger partial charge on any atom is -0.304 e. The first kappa shape index (κ1) is 19.6. The van der Waals surface area contributed by atoms with Crippen molar-refractivity contribution in [2.75, 3.05) is 58.8 Å². The highest BCUT2D eigenvalue weighted by Gasteiger charge is 2.16. The molecule has 1 aliphatic rings. The van der Waals surface area contributed by atoms with Crippen molar-refractivity contribution >= 4 is 11.8 Å². The van der Waals surface area contributed by atoms with E-state index in [4.69, 9.17) is 0 Å². The Kier molecular flexibility index (Phi) is 16.4. The Morgan fingerprint density at radius 2 is 1.47 bits per heavy atom. The molecule has 17 heavy (non-hydrogen) atoms. The molecule has 0 aromatic rings. The van der Waals surface area contributed by atoms with Crippen molar-refractivity contribution in [3.8, 4) is 0 Å². The molecule has 4 heteroatoms. The lowest BCUT2D eigenvalue weighted by molar-refractivity contribution is -0.0284. The van der Waals surface area contributed by atoms with Crippen molar-refractivity contribution < 1.29 is 0 Å². The Hall–Kier alpha value is 0.230. The number of piperazine rings is 1. The second kappa shape index (κ2) is 14.3. The number of hydrogen-bond acceptors (Lipinski definition) is 4. The van der Waals surface area contributed by atoms with Gasteiger partial charge in [0, 0.05) is 45.5 Å². The molecule has 0 aliphatic carbocycles. The van der Waals surface area contributed by atoms with Crippen molar-refractivity contribution in [1.29, 1.82) is 0 Å². The van der Waals surface area contributed by atoms with E-state index in [0.717, 1.165) is 0 Å². The largest absolute Gasteiger partial charge is 0.304 e. The highest BCUT2D eigenvalue weighted by atomic mass is 32.2. The zero-order valence-corrected chi connectivity index (χ0v) is 13.8. The van der Waals surface area contributed by atoms with E-state index in [1.165, 1.54) is 38.5 Å². The molecule has 0 aromatic carbocycles. The first-order valence-corrected chi connectivity index (χ1v) is 8.27. The Balaban J connectivity index is 0. The maximum absolute atomic E-state index is 2.45. The molecular weight excluding hydrogens is 230 g/mol. The van der Waals surface area contributed by atoms with E-state index in [0.29, 0.717) is 0 Å². The Morgan fingerprint density at radius 1 is 1.00 bits per heavy atom. The van der Waals surface area contributed by atoms with Gasteiger partial charge in [0.15, 0.2) is 0 Å². The van der Waals surface area contributed by atoms with Crippen LogP contribution in [0, 0.1) is 0 Å². The molecule has 0 spiro atoms. The van der Waals surface area contributed by atoms with Crippen LogP contribution in [0.2, 0.25) is 0 Å². The molecule has 3 nitrogen and oxygen atoms in total. The van der Waals surface area contributed by atoms with Crippen molar-refractivity contribution in [3.63, 3.8) is 0 Å². The molecule has 0 unspecified atom stereocenters. The van der Waals surface area contributed by atoms with Gasteiger partial charge in [-0.15, -0.1) is 0 Å². The summed E-state index contributed by atoms with van der Waals surface area (Å²) in [5.74, 6) is 1.23. The standard InChI is InChI=1S/C9H21N3S.2C2H6/c1-10-4-6-12(7-5-10)11(2)8-9-13-3;2*1-2/h4-9H2,1-3H3;2*1-2H3. The summed E-state index contributed by atoms with van der Waals surface area (Å²) >= 11 is 1.92. The average molecular weight is 263 g/mol. The van der Waals surface area contributed by atoms with Gasteiger partial charge in [-0.2, -0.15) is 11.8 Å². The minimum atomic E-state index is 1.17. The molecule has 1 saturated heterocycles.